The number of aromatic nitrogens is 2. The number of likely N-dealkylation sites (tertiary alicyclic amines) is 1. The Morgan fingerprint density at radius 1 is 1.64 bits per heavy atom. The van der Waals surface area contributed by atoms with E-state index in [9.17, 15) is 4.79 Å². The second kappa shape index (κ2) is 3.79. The molecule has 0 aromatic carbocycles. The second-order valence-corrected chi connectivity index (χ2v) is 3.47. The molecule has 76 valence electrons. The number of imidazole rings is 1. The van der Waals surface area contributed by atoms with E-state index in [0.717, 1.165) is 19.4 Å². The molecule has 0 bridgehead atoms. The maximum Gasteiger partial charge on any atom is 0.349 e. The van der Waals surface area contributed by atoms with Crippen LogP contribution < -0.4 is 4.84 Å². The van der Waals surface area contributed by atoms with Crippen molar-refractivity contribution in [1.82, 2.24) is 14.6 Å². The number of rotatable bonds is 2. The maximum absolute atomic E-state index is 11.6. The van der Waals surface area contributed by atoms with E-state index in [1.807, 2.05) is 11.9 Å². The average Bonchev–Trinajstić information content (AvgIpc) is 2.75. The van der Waals surface area contributed by atoms with Gasteiger partial charge in [-0.25, -0.2) is 9.78 Å². The van der Waals surface area contributed by atoms with Crippen molar-refractivity contribution in [2.45, 2.75) is 18.9 Å². The van der Waals surface area contributed by atoms with Crippen LogP contribution in [-0.2, 0) is 4.79 Å². The van der Waals surface area contributed by atoms with Gasteiger partial charge in [0.15, 0.2) is 0 Å². The van der Waals surface area contributed by atoms with E-state index in [-0.39, 0.29) is 12.0 Å². The molecule has 1 fully saturated rings. The molecule has 1 aliphatic rings. The largest absolute Gasteiger partial charge is 0.349 e. The monoisotopic (exact) mass is 195 g/mol. The van der Waals surface area contributed by atoms with E-state index in [0.29, 0.717) is 0 Å². The molecule has 1 saturated heterocycles. The molecule has 0 saturated carbocycles. The van der Waals surface area contributed by atoms with Crippen LogP contribution >= 0.6 is 0 Å². The summed E-state index contributed by atoms with van der Waals surface area (Å²) in [6.07, 6.45) is 6.58. The molecule has 1 atom stereocenters. The Morgan fingerprint density at radius 2 is 2.50 bits per heavy atom. The molecule has 0 unspecified atom stereocenters. The van der Waals surface area contributed by atoms with Crippen LogP contribution in [0.1, 0.15) is 12.8 Å². The van der Waals surface area contributed by atoms with Gasteiger partial charge in [0.1, 0.15) is 12.4 Å². The lowest BCUT2D eigenvalue weighted by molar-refractivity contribution is -0.149. The zero-order valence-electron chi connectivity index (χ0n) is 8.09. The van der Waals surface area contributed by atoms with Crippen LogP contribution in [0.2, 0.25) is 0 Å². The summed E-state index contributed by atoms with van der Waals surface area (Å²) in [5.41, 5.74) is 0. The standard InChI is InChI=1S/C9H13N3O2/c1-11-5-2-3-8(11)9(13)14-12-6-4-10-7-12/h4,6-8H,2-3,5H2,1H3/t8-/m0/s1. The quantitative estimate of drug-likeness (QED) is 0.663. The van der Waals surface area contributed by atoms with E-state index in [1.54, 1.807) is 12.4 Å². The smallest absolute Gasteiger partial charge is 0.334 e. The van der Waals surface area contributed by atoms with Gasteiger partial charge in [0.2, 0.25) is 0 Å². The van der Waals surface area contributed by atoms with Gasteiger partial charge in [-0.3, -0.25) is 4.90 Å². The Kier molecular flexibility index (Phi) is 2.49. The zero-order valence-corrected chi connectivity index (χ0v) is 8.09. The zero-order chi connectivity index (χ0) is 9.97. The summed E-state index contributed by atoms with van der Waals surface area (Å²) in [7, 11) is 1.94. The van der Waals surface area contributed by atoms with E-state index in [1.165, 1.54) is 11.1 Å². The lowest BCUT2D eigenvalue weighted by Crippen LogP contribution is -2.38. The van der Waals surface area contributed by atoms with Crippen LogP contribution in [-0.4, -0.2) is 40.2 Å². The molecule has 0 aliphatic carbocycles. The lowest BCUT2D eigenvalue weighted by Gasteiger charge is -2.16. The molecule has 1 aliphatic heterocycles. The van der Waals surface area contributed by atoms with Crippen LogP contribution in [0.5, 0.6) is 0 Å². The molecular formula is C9H13N3O2. The fraction of sp³-hybridized carbons (Fsp3) is 0.556. The first-order chi connectivity index (χ1) is 6.77. The molecule has 1 aromatic rings. The predicted octanol–water partition coefficient (Wildman–Crippen LogP) is -0.0675. The molecule has 0 N–H and O–H groups in total. The molecule has 14 heavy (non-hydrogen) atoms. The highest BCUT2D eigenvalue weighted by atomic mass is 16.7. The van der Waals surface area contributed by atoms with Gasteiger partial charge in [0.25, 0.3) is 0 Å². The minimum absolute atomic E-state index is 0.0996. The van der Waals surface area contributed by atoms with Crippen LogP contribution in [0.25, 0.3) is 0 Å². The van der Waals surface area contributed by atoms with E-state index >= 15 is 0 Å². The first kappa shape index (κ1) is 9.21. The molecule has 0 radical (unpaired) electrons. The number of hydrogen-bond acceptors (Lipinski definition) is 4. The van der Waals surface area contributed by atoms with E-state index in [2.05, 4.69) is 4.98 Å². The third-order valence-electron chi connectivity index (χ3n) is 2.47. The third-order valence-corrected chi connectivity index (χ3v) is 2.47. The molecular weight excluding hydrogens is 182 g/mol. The minimum atomic E-state index is -0.206. The van der Waals surface area contributed by atoms with Crippen molar-refractivity contribution in [1.29, 1.82) is 0 Å². The van der Waals surface area contributed by atoms with Gasteiger partial charge in [-0.05, 0) is 26.4 Å². The Labute approximate surface area is 82.2 Å². The van der Waals surface area contributed by atoms with Crippen molar-refractivity contribution in [3.63, 3.8) is 0 Å². The van der Waals surface area contributed by atoms with Crippen LogP contribution in [0, 0.1) is 0 Å². The van der Waals surface area contributed by atoms with E-state index < -0.39 is 0 Å². The second-order valence-electron chi connectivity index (χ2n) is 3.47. The highest BCUT2D eigenvalue weighted by Crippen LogP contribution is 2.14. The summed E-state index contributed by atoms with van der Waals surface area (Å²) in [5.74, 6) is -0.206. The maximum atomic E-state index is 11.6. The highest BCUT2D eigenvalue weighted by Gasteiger charge is 2.29. The van der Waals surface area contributed by atoms with Gasteiger partial charge in [0.05, 0.1) is 6.20 Å². The SMILES string of the molecule is CN1CCC[C@H]1C(=O)On1ccnc1. The topological polar surface area (TPSA) is 47.4 Å². The Hall–Kier alpha value is -1.36. The molecule has 5 nitrogen and oxygen atoms in total. The molecule has 2 rings (SSSR count). The van der Waals surface area contributed by atoms with Crippen LogP contribution in [0.3, 0.4) is 0 Å². The molecule has 0 spiro atoms. The van der Waals surface area contributed by atoms with Crippen molar-refractivity contribution in [3.05, 3.63) is 18.7 Å². The summed E-state index contributed by atoms with van der Waals surface area (Å²) in [5, 5.41) is 0. The lowest BCUT2D eigenvalue weighted by atomic mass is 10.2. The van der Waals surface area contributed by atoms with Gasteiger partial charge in [-0.2, -0.15) is 4.73 Å². The first-order valence-electron chi connectivity index (χ1n) is 4.68. The van der Waals surface area contributed by atoms with Crippen LogP contribution in [0.4, 0.5) is 0 Å². The van der Waals surface area contributed by atoms with Crippen molar-refractivity contribution >= 4 is 5.97 Å². The Balaban J connectivity index is 1.95. The van der Waals surface area contributed by atoms with Crippen molar-refractivity contribution in [3.8, 4) is 0 Å². The molecule has 1 aromatic heterocycles. The van der Waals surface area contributed by atoms with Crippen molar-refractivity contribution < 1.29 is 9.63 Å². The number of nitrogens with zero attached hydrogens (tertiary/aromatic N) is 3. The molecule has 2 heterocycles. The number of hydrogen-bond donors (Lipinski definition) is 0. The van der Waals surface area contributed by atoms with E-state index in [4.69, 9.17) is 4.84 Å². The summed E-state index contributed by atoms with van der Waals surface area (Å²) in [4.78, 5) is 22.5. The van der Waals surface area contributed by atoms with Crippen molar-refractivity contribution in [2.75, 3.05) is 13.6 Å². The number of likely N-dealkylation sites (N-methyl/N-ethyl adjacent to an activating group) is 1. The Bertz CT molecular complexity index is 310. The van der Waals surface area contributed by atoms with Gasteiger partial charge in [0, 0.05) is 6.20 Å². The predicted molar refractivity (Wildman–Crippen MR) is 49.5 cm³/mol. The highest BCUT2D eigenvalue weighted by molar-refractivity contribution is 5.76. The number of carbonyl (C=O) groups excluding carboxylic acids is 1. The van der Waals surface area contributed by atoms with Gasteiger partial charge in [-0.15, -0.1) is 0 Å². The van der Waals surface area contributed by atoms with Gasteiger partial charge < -0.3 is 4.84 Å². The first-order valence-corrected chi connectivity index (χ1v) is 4.68. The fourth-order valence-electron chi connectivity index (χ4n) is 1.67. The minimum Gasteiger partial charge on any atom is -0.334 e. The normalized spacial score (nSPS) is 22.5. The average molecular weight is 195 g/mol. The van der Waals surface area contributed by atoms with Crippen molar-refractivity contribution in [2.24, 2.45) is 0 Å². The summed E-state index contributed by atoms with van der Waals surface area (Å²) in [6, 6.07) is -0.0996. The third kappa shape index (κ3) is 1.77. The van der Waals surface area contributed by atoms with Gasteiger partial charge >= 0.3 is 5.97 Å². The fourth-order valence-corrected chi connectivity index (χ4v) is 1.67. The Morgan fingerprint density at radius 3 is 3.07 bits per heavy atom. The molecule has 5 heteroatoms. The molecule has 0 amide bonds. The summed E-state index contributed by atoms with van der Waals surface area (Å²) < 4.78 is 1.33. The van der Waals surface area contributed by atoms with Crippen LogP contribution in [0.15, 0.2) is 18.7 Å². The summed E-state index contributed by atoms with van der Waals surface area (Å²) in [6.45, 7) is 0.962. The number of carbonyl (C=O) groups is 1. The summed E-state index contributed by atoms with van der Waals surface area (Å²) >= 11 is 0. The van der Waals surface area contributed by atoms with Gasteiger partial charge in [-0.1, -0.05) is 0 Å².